The summed E-state index contributed by atoms with van der Waals surface area (Å²) >= 11 is 0. The zero-order chi connectivity index (χ0) is 20.2. The highest BCUT2D eigenvalue weighted by Gasteiger charge is 2.23. The Balaban J connectivity index is 1.58. The van der Waals surface area contributed by atoms with Crippen LogP contribution in [0.2, 0.25) is 0 Å². The van der Waals surface area contributed by atoms with Crippen LogP contribution in [0.4, 0.5) is 0 Å². The molecule has 2 aromatic carbocycles. The van der Waals surface area contributed by atoms with E-state index in [0.717, 1.165) is 59.8 Å². The van der Waals surface area contributed by atoms with Crippen molar-refractivity contribution in [3.63, 3.8) is 0 Å². The lowest BCUT2D eigenvalue weighted by atomic mass is 10.0. The average molecular weight is 397 g/mol. The standard InChI is InChI=1S/C25H23N3O2/c1-2-8-21(9-3-1)30-22-10-6-7-20(17-22)25-23(19-12-14-26-15-13-19)18-27-28(25)24-11-4-5-16-29-24/h1-3,6-10,12-15,17-18,24H,4-5,11,16H2. The highest BCUT2D eigenvalue weighted by molar-refractivity contribution is 5.81. The fourth-order valence-corrected chi connectivity index (χ4v) is 3.86. The number of hydrogen-bond acceptors (Lipinski definition) is 4. The van der Waals surface area contributed by atoms with Crippen LogP contribution in [0.25, 0.3) is 22.4 Å². The predicted molar refractivity (Wildman–Crippen MR) is 116 cm³/mol. The summed E-state index contributed by atoms with van der Waals surface area (Å²) < 4.78 is 14.2. The molecular weight excluding hydrogens is 374 g/mol. The van der Waals surface area contributed by atoms with Crippen molar-refractivity contribution in [2.24, 2.45) is 0 Å². The van der Waals surface area contributed by atoms with Gasteiger partial charge in [-0.25, -0.2) is 4.68 Å². The minimum absolute atomic E-state index is 0.0527. The van der Waals surface area contributed by atoms with Crippen LogP contribution >= 0.6 is 0 Å². The third kappa shape index (κ3) is 3.84. The molecular formula is C25H23N3O2. The quantitative estimate of drug-likeness (QED) is 0.408. The van der Waals surface area contributed by atoms with Gasteiger partial charge in [0.05, 0.1) is 11.9 Å². The molecule has 0 aliphatic carbocycles. The minimum Gasteiger partial charge on any atom is -0.457 e. The normalized spacial score (nSPS) is 16.3. The number of para-hydroxylation sites is 1. The van der Waals surface area contributed by atoms with Crippen LogP contribution in [0.1, 0.15) is 25.5 Å². The van der Waals surface area contributed by atoms with E-state index in [0.29, 0.717) is 0 Å². The monoisotopic (exact) mass is 397 g/mol. The lowest BCUT2D eigenvalue weighted by molar-refractivity contribution is -0.0383. The number of pyridine rings is 1. The first kappa shape index (κ1) is 18.6. The maximum Gasteiger partial charge on any atom is 0.150 e. The molecule has 1 fully saturated rings. The molecule has 150 valence electrons. The van der Waals surface area contributed by atoms with Gasteiger partial charge in [-0.15, -0.1) is 0 Å². The number of ether oxygens (including phenoxy) is 2. The van der Waals surface area contributed by atoms with Gasteiger partial charge in [-0.2, -0.15) is 5.10 Å². The molecule has 1 unspecified atom stereocenters. The number of rotatable bonds is 5. The number of benzene rings is 2. The topological polar surface area (TPSA) is 49.2 Å². The second kappa shape index (κ2) is 8.51. The molecule has 0 amide bonds. The molecule has 1 atom stereocenters. The van der Waals surface area contributed by atoms with Crippen LogP contribution < -0.4 is 4.74 Å². The smallest absolute Gasteiger partial charge is 0.150 e. The van der Waals surface area contributed by atoms with E-state index >= 15 is 0 Å². The zero-order valence-corrected chi connectivity index (χ0v) is 16.6. The molecule has 0 saturated carbocycles. The van der Waals surface area contributed by atoms with Gasteiger partial charge in [0.25, 0.3) is 0 Å². The summed E-state index contributed by atoms with van der Waals surface area (Å²) in [4.78, 5) is 4.16. The van der Waals surface area contributed by atoms with Crippen molar-refractivity contribution in [2.45, 2.75) is 25.5 Å². The van der Waals surface area contributed by atoms with Gasteiger partial charge in [0.1, 0.15) is 11.5 Å². The Labute approximate surface area is 175 Å². The highest BCUT2D eigenvalue weighted by Crippen LogP contribution is 2.37. The van der Waals surface area contributed by atoms with E-state index in [2.05, 4.69) is 17.1 Å². The van der Waals surface area contributed by atoms with E-state index < -0.39 is 0 Å². The van der Waals surface area contributed by atoms with E-state index in [1.54, 1.807) is 0 Å². The Hall–Kier alpha value is -3.44. The van der Waals surface area contributed by atoms with Crippen LogP contribution in [-0.2, 0) is 4.74 Å². The van der Waals surface area contributed by atoms with Crippen molar-refractivity contribution in [3.05, 3.63) is 85.3 Å². The third-order valence-electron chi connectivity index (χ3n) is 5.30. The predicted octanol–water partition coefficient (Wildman–Crippen LogP) is 6.10. The Morgan fingerprint density at radius 1 is 0.867 bits per heavy atom. The van der Waals surface area contributed by atoms with Crippen LogP contribution in [0.3, 0.4) is 0 Å². The Bertz CT molecular complexity index is 1100. The first-order chi connectivity index (χ1) is 14.9. The van der Waals surface area contributed by atoms with Gasteiger partial charge in [-0.3, -0.25) is 4.98 Å². The largest absolute Gasteiger partial charge is 0.457 e. The van der Waals surface area contributed by atoms with E-state index in [-0.39, 0.29) is 6.23 Å². The lowest BCUT2D eigenvalue weighted by Crippen LogP contribution is -2.20. The summed E-state index contributed by atoms with van der Waals surface area (Å²) in [5.41, 5.74) is 4.22. The molecule has 0 bridgehead atoms. The van der Waals surface area contributed by atoms with E-state index in [1.807, 2.05) is 77.9 Å². The molecule has 5 rings (SSSR count). The molecule has 1 aliphatic rings. The van der Waals surface area contributed by atoms with Gasteiger partial charge in [0, 0.05) is 30.1 Å². The maximum absolute atomic E-state index is 6.08. The minimum atomic E-state index is -0.0527. The van der Waals surface area contributed by atoms with Gasteiger partial charge >= 0.3 is 0 Å². The Kier molecular flexibility index (Phi) is 5.27. The van der Waals surface area contributed by atoms with Gasteiger partial charge in [-0.05, 0) is 61.2 Å². The number of hydrogen-bond donors (Lipinski definition) is 0. The molecule has 0 spiro atoms. The van der Waals surface area contributed by atoms with Crippen molar-refractivity contribution < 1.29 is 9.47 Å². The van der Waals surface area contributed by atoms with Crippen molar-refractivity contribution in [1.82, 2.24) is 14.8 Å². The molecule has 0 radical (unpaired) electrons. The fraction of sp³-hybridized carbons (Fsp3) is 0.200. The zero-order valence-electron chi connectivity index (χ0n) is 16.6. The maximum atomic E-state index is 6.08. The molecule has 1 saturated heterocycles. The van der Waals surface area contributed by atoms with Crippen LogP contribution in [-0.4, -0.2) is 21.4 Å². The van der Waals surface area contributed by atoms with Crippen LogP contribution in [0.5, 0.6) is 11.5 Å². The first-order valence-corrected chi connectivity index (χ1v) is 10.3. The summed E-state index contributed by atoms with van der Waals surface area (Å²) in [5.74, 6) is 1.60. The summed E-state index contributed by atoms with van der Waals surface area (Å²) in [7, 11) is 0. The molecule has 5 heteroatoms. The molecule has 3 heterocycles. The van der Waals surface area contributed by atoms with Crippen molar-refractivity contribution in [2.75, 3.05) is 6.61 Å². The molecule has 0 N–H and O–H groups in total. The van der Waals surface area contributed by atoms with Crippen molar-refractivity contribution >= 4 is 0 Å². The second-order valence-corrected chi connectivity index (χ2v) is 7.35. The van der Waals surface area contributed by atoms with Gasteiger partial charge in [0.2, 0.25) is 0 Å². The van der Waals surface area contributed by atoms with Gasteiger partial charge in [0.15, 0.2) is 6.23 Å². The molecule has 4 aromatic rings. The Morgan fingerprint density at radius 3 is 2.50 bits per heavy atom. The van der Waals surface area contributed by atoms with Crippen LogP contribution in [0, 0.1) is 0 Å². The van der Waals surface area contributed by atoms with Crippen molar-refractivity contribution in [3.8, 4) is 33.9 Å². The van der Waals surface area contributed by atoms with Gasteiger partial charge in [-0.1, -0.05) is 30.3 Å². The summed E-state index contributed by atoms with van der Waals surface area (Å²) in [6.07, 6.45) is 8.70. The number of nitrogens with zero attached hydrogens (tertiary/aromatic N) is 3. The summed E-state index contributed by atoms with van der Waals surface area (Å²) in [6, 6.07) is 22.0. The molecule has 2 aromatic heterocycles. The van der Waals surface area contributed by atoms with Crippen LogP contribution in [0.15, 0.2) is 85.3 Å². The van der Waals surface area contributed by atoms with Gasteiger partial charge < -0.3 is 9.47 Å². The Morgan fingerprint density at radius 2 is 1.70 bits per heavy atom. The van der Waals surface area contributed by atoms with E-state index in [9.17, 15) is 0 Å². The highest BCUT2D eigenvalue weighted by atomic mass is 16.5. The lowest BCUT2D eigenvalue weighted by Gasteiger charge is -2.25. The third-order valence-corrected chi connectivity index (χ3v) is 5.30. The number of aromatic nitrogens is 3. The molecule has 30 heavy (non-hydrogen) atoms. The first-order valence-electron chi connectivity index (χ1n) is 10.3. The fourth-order valence-electron chi connectivity index (χ4n) is 3.86. The molecule has 1 aliphatic heterocycles. The SMILES string of the molecule is c1ccc(Oc2cccc(-c3c(-c4ccncc4)cnn3C3CCCCO3)c2)cc1. The van der Waals surface area contributed by atoms with E-state index in [1.165, 1.54) is 0 Å². The summed E-state index contributed by atoms with van der Waals surface area (Å²) in [5, 5.41) is 4.74. The summed E-state index contributed by atoms with van der Waals surface area (Å²) in [6.45, 7) is 0.770. The average Bonchev–Trinajstić information content (AvgIpc) is 3.26. The second-order valence-electron chi connectivity index (χ2n) is 7.35. The van der Waals surface area contributed by atoms with E-state index in [4.69, 9.17) is 14.6 Å². The molecule has 5 nitrogen and oxygen atoms in total. The van der Waals surface area contributed by atoms with Crippen molar-refractivity contribution in [1.29, 1.82) is 0 Å².